The molecule has 3 heteroatoms. The van der Waals surface area contributed by atoms with Gasteiger partial charge in [-0.05, 0) is 35.7 Å². The molecule has 1 unspecified atom stereocenters. The van der Waals surface area contributed by atoms with E-state index in [0.717, 1.165) is 17.8 Å². The Balaban J connectivity index is 2.14. The van der Waals surface area contributed by atoms with Gasteiger partial charge in [0.1, 0.15) is 5.65 Å². The van der Waals surface area contributed by atoms with Crippen molar-refractivity contribution in [3.05, 3.63) is 60.4 Å². The zero-order chi connectivity index (χ0) is 13.2. The van der Waals surface area contributed by atoms with Crippen LogP contribution in [0.4, 0.5) is 0 Å². The predicted molar refractivity (Wildman–Crippen MR) is 77.8 cm³/mol. The summed E-state index contributed by atoms with van der Waals surface area (Å²) in [4.78, 5) is 4.32. The Bertz CT molecular complexity index is 700. The third-order valence-corrected chi connectivity index (χ3v) is 3.48. The van der Waals surface area contributed by atoms with E-state index in [-0.39, 0.29) is 6.04 Å². The highest BCUT2D eigenvalue weighted by Crippen LogP contribution is 2.24. The van der Waals surface area contributed by atoms with Gasteiger partial charge in [-0.1, -0.05) is 31.2 Å². The van der Waals surface area contributed by atoms with Crippen molar-refractivity contribution < 1.29 is 0 Å². The summed E-state index contributed by atoms with van der Waals surface area (Å²) >= 11 is 0. The van der Waals surface area contributed by atoms with E-state index in [2.05, 4.69) is 46.6 Å². The molecule has 3 aromatic rings. The average Bonchev–Trinajstić information content (AvgIpc) is 2.94. The van der Waals surface area contributed by atoms with E-state index in [0.29, 0.717) is 0 Å². The fraction of sp³-hybridized carbons (Fsp3) is 0.188. The van der Waals surface area contributed by atoms with Gasteiger partial charge >= 0.3 is 0 Å². The molecule has 3 nitrogen and oxygen atoms in total. The molecule has 0 spiro atoms. The van der Waals surface area contributed by atoms with Crippen LogP contribution in [0.3, 0.4) is 0 Å². The largest absolute Gasteiger partial charge is 0.324 e. The zero-order valence-electron chi connectivity index (χ0n) is 11.0. The summed E-state index contributed by atoms with van der Waals surface area (Å²) < 4.78 is 2.09. The molecule has 2 aromatic heterocycles. The molecule has 2 heterocycles. The van der Waals surface area contributed by atoms with Crippen molar-refractivity contribution in [3.8, 4) is 11.3 Å². The lowest BCUT2D eigenvalue weighted by molar-refractivity contribution is 0.699. The molecule has 3 rings (SSSR count). The first-order valence-corrected chi connectivity index (χ1v) is 6.57. The molecule has 2 N–H and O–H groups in total. The highest BCUT2D eigenvalue weighted by atomic mass is 15.0. The summed E-state index contributed by atoms with van der Waals surface area (Å²) in [6, 6.07) is 14.7. The number of imidazole rings is 1. The second kappa shape index (κ2) is 4.86. The smallest absolute Gasteiger partial charge is 0.137 e. The minimum absolute atomic E-state index is 0.0990. The number of nitrogens with zero attached hydrogens (tertiary/aromatic N) is 2. The Kier molecular flexibility index (Phi) is 3.05. The fourth-order valence-electron chi connectivity index (χ4n) is 2.35. The maximum atomic E-state index is 6.11. The Morgan fingerprint density at radius 1 is 1.21 bits per heavy atom. The lowest BCUT2D eigenvalue weighted by Crippen LogP contribution is -2.08. The number of hydrogen-bond acceptors (Lipinski definition) is 2. The van der Waals surface area contributed by atoms with Gasteiger partial charge in [-0.3, -0.25) is 4.40 Å². The van der Waals surface area contributed by atoms with Crippen LogP contribution in [0, 0.1) is 0 Å². The first-order chi connectivity index (χ1) is 9.29. The van der Waals surface area contributed by atoms with Crippen molar-refractivity contribution in [1.82, 2.24) is 9.38 Å². The average molecular weight is 251 g/mol. The molecule has 0 amide bonds. The molecule has 19 heavy (non-hydrogen) atoms. The highest BCUT2D eigenvalue weighted by molar-refractivity contribution is 5.64. The van der Waals surface area contributed by atoms with Crippen LogP contribution in [-0.4, -0.2) is 9.38 Å². The van der Waals surface area contributed by atoms with Crippen molar-refractivity contribution in [2.75, 3.05) is 0 Å². The van der Waals surface area contributed by atoms with Gasteiger partial charge in [0.25, 0.3) is 0 Å². The molecule has 0 aliphatic rings. The molecular formula is C16H17N3. The van der Waals surface area contributed by atoms with E-state index in [1.165, 1.54) is 11.1 Å². The van der Waals surface area contributed by atoms with E-state index < -0.39 is 0 Å². The van der Waals surface area contributed by atoms with Crippen LogP contribution >= 0.6 is 0 Å². The first kappa shape index (κ1) is 11.9. The van der Waals surface area contributed by atoms with Crippen molar-refractivity contribution in [2.45, 2.75) is 19.4 Å². The van der Waals surface area contributed by atoms with Crippen LogP contribution in [0.1, 0.15) is 24.9 Å². The molecule has 0 aliphatic heterocycles. The second-order valence-corrected chi connectivity index (χ2v) is 4.71. The number of nitrogens with two attached hydrogens (primary N) is 1. The van der Waals surface area contributed by atoms with Gasteiger partial charge in [0, 0.05) is 18.4 Å². The zero-order valence-corrected chi connectivity index (χ0v) is 11.0. The number of hydrogen-bond donors (Lipinski definition) is 1. The molecule has 0 bridgehead atoms. The molecule has 0 saturated carbocycles. The van der Waals surface area contributed by atoms with Crippen molar-refractivity contribution in [2.24, 2.45) is 5.73 Å². The maximum Gasteiger partial charge on any atom is 0.137 e. The van der Waals surface area contributed by atoms with Crippen LogP contribution in [-0.2, 0) is 0 Å². The summed E-state index contributed by atoms with van der Waals surface area (Å²) in [5.74, 6) is 0. The molecule has 1 aromatic carbocycles. The molecule has 0 saturated heterocycles. The van der Waals surface area contributed by atoms with E-state index in [4.69, 9.17) is 5.73 Å². The highest BCUT2D eigenvalue weighted by Gasteiger charge is 2.07. The lowest BCUT2D eigenvalue weighted by Gasteiger charge is -2.12. The third-order valence-electron chi connectivity index (χ3n) is 3.48. The SMILES string of the molecule is CCC(N)c1cccc(-c2cccc3nccn23)c1. The monoisotopic (exact) mass is 251 g/mol. The summed E-state index contributed by atoms with van der Waals surface area (Å²) in [6.07, 6.45) is 4.75. The Morgan fingerprint density at radius 3 is 2.89 bits per heavy atom. The summed E-state index contributed by atoms with van der Waals surface area (Å²) in [6.45, 7) is 2.11. The van der Waals surface area contributed by atoms with Gasteiger partial charge in [0.2, 0.25) is 0 Å². The Morgan fingerprint density at radius 2 is 2.05 bits per heavy atom. The topological polar surface area (TPSA) is 43.3 Å². The van der Waals surface area contributed by atoms with Crippen molar-refractivity contribution in [3.63, 3.8) is 0 Å². The minimum Gasteiger partial charge on any atom is -0.324 e. The van der Waals surface area contributed by atoms with Gasteiger partial charge < -0.3 is 5.73 Å². The van der Waals surface area contributed by atoms with Crippen LogP contribution in [0.2, 0.25) is 0 Å². The standard InChI is InChI=1S/C16H17N3/c1-2-14(17)12-5-3-6-13(11-12)15-7-4-8-16-18-9-10-19(15)16/h3-11,14H,2,17H2,1H3. The van der Waals surface area contributed by atoms with E-state index in [1.807, 2.05) is 24.5 Å². The van der Waals surface area contributed by atoms with Crippen molar-refractivity contribution in [1.29, 1.82) is 0 Å². The summed E-state index contributed by atoms with van der Waals surface area (Å²) in [7, 11) is 0. The molecule has 0 radical (unpaired) electrons. The molecule has 0 fully saturated rings. The number of fused-ring (bicyclic) bond motifs is 1. The van der Waals surface area contributed by atoms with Gasteiger partial charge in [0.15, 0.2) is 0 Å². The maximum absolute atomic E-state index is 6.11. The number of benzene rings is 1. The van der Waals surface area contributed by atoms with E-state index in [1.54, 1.807) is 0 Å². The van der Waals surface area contributed by atoms with Crippen LogP contribution in [0.25, 0.3) is 16.9 Å². The normalized spacial score (nSPS) is 12.7. The fourth-order valence-corrected chi connectivity index (χ4v) is 2.35. The summed E-state index contributed by atoms with van der Waals surface area (Å²) in [5, 5.41) is 0. The van der Waals surface area contributed by atoms with Crippen LogP contribution in [0.15, 0.2) is 54.9 Å². The lowest BCUT2D eigenvalue weighted by atomic mass is 10.0. The van der Waals surface area contributed by atoms with Gasteiger partial charge in [-0.25, -0.2) is 4.98 Å². The number of aromatic nitrogens is 2. The van der Waals surface area contributed by atoms with E-state index in [9.17, 15) is 0 Å². The molecule has 0 aliphatic carbocycles. The van der Waals surface area contributed by atoms with Gasteiger partial charge in [-0.2, -0.15) is 0 Å². The summed E-state index contributed by atoms with van der Waals surface area (Å²) in [5.41, 5.74) is 10.6. The van der Waals surface area contributed by atoms with Crippen LogP contribution < -0.4 is 5.73 Å². The predicted octanol–water partition coefficient (Wildman–Crippen LogP) is 3.41. The number of rotatable bonds is 3. The molecule has 96 valence electrons. The second-order valence-electron chi connectivity index (χ2n) is 4.71. The first-order valence-electron chi connectivity index (χ1n) is 6.57. The Hall–Kier alpha value is -2.13. The van der Waals surface area contributed by atoms with Gasteiger partial charge in [0.05, 0.1) is 5.69 Å². The quantitative estimate of drug-likeness (QED) is 0.775. The number of pyridine rings is 1. The Labute approximate surface area is 112 Å². The van der Waals surface area contributed by atoms with Gasteiger partial charge in [-0.15, -0.1) is 0 Å². The minimum atomic E-state index is 0.0990. The molecular weight excluding hydrogens is 234 g/mol. The van der Waals surface area contributed by atoms with E-state index >= 15 is 0 Å². The van der Waals surface area contributed by atoms with Crippen molar-refractivity contribution >= 4 is 5.65 Å². The van der Waals surface area contributed by atoms with Crippen LogP contribution in [0.5, 0.6) is 0 Å². The third kappa shape index (κ3) is 2.13. The molecule has 1 atom stereocenters.